The molecule has 0 saturated heterocycles. The van der Waals surface area contributed by atoms with Gasteiger partial charge in [0.25, 0.3) is 0 Å². The zero-order valence-electron chi connectivity index (χ0n) is 30.0. The minimum Gasteiger partial charge on any atom is -0.512 e. The van der Waals surface area contributed by atoms with E-state index in [9.17, 15) is 9.90 Å². The number of hydrogen-bond donors (Lipinski definition) is 1. The number of benzene rings is 5. The standard InChI is InChI=1S/C34H26NSSi.C10H18O2.Ir/c1-37(2,3)23-18-19-31-30(20-23)29(25-14-8-11-22-10-4-5-12-24(22)25)21-32(35-31)28-16-9-15-27-26-13-6-7-17-33(26)36-34(27)28;1-7(2)8(11)6-9(12)10(3,4)5;/h4-15,17-21H,1-3H3;6-7,11H,1-5H3;/q-1;;/b;8-6-;. The molecule has 0 aliphatic carbocycles. The second-order valence-electron chi connectivity index (χ2n) is 15.1. The number of fused-ring (bicyclic) bond motifs is 5. The maximum Gasteiger partial charge on any atom is 0.164 e. The third-order valence-electron chi connectivity index (χ3n) is 8.96. The number of rotatable bonds is 5. The monoisotopic (exact) mass is 871 g/mol. The second-order valence-corrected chi connectivity index (χ2v) is 21.2. The van der Waals surface area contributed by atoms with Gasteiger partial charge in [0.1, 0.15) is 0 Å². The summed E-state index contributed by atoms with van der Waals surface area (Å²) in [6, 6.07) is 41.0. The normalized spacial score (nSPS) is 12.3. The number of carbonyl (C=O) groups excluding carboxylic acids is 1. The molecule has 6 heteroatoms. The fraction of sp³-hybridized carbons (Fsp3) is 0.227. The van der Waals surface area contributed by atoms with Crippen LogP contribution in [0.1, 0.15) is 34.6 Å². The molecule has 0 atom stereocenters. The number of hydrogen-bond acceptors (Lipinski definition) is 4. The molecular weight excluding hydrogens is 827 g/mol. The first-order valence-corrected chi connectivity index (χ1v) is 21.2. The van der Waals surface area contributed by atoms with Crippen LogP contribution in [0.5, 0.6) is 0 Å². The Morgan fingerprint density at radius 3 is 2.20 bits per heavy atom. The molecule has 0 aliphatic heterocycles. The predicted molar refractivity (Wildman–Crippen MR) is 215 cm³/mol. The van der Waals surface area contributed by atoms with Crippen LogP contribution in [0.2, 0.25) is 19.6 Å². The maximum atomic E-state index is 11.3. The summed E-state index contributed by atoms with van der Waals surface area (Å²) in [6.45, 7) is 16.4. The van der Waals surface area contributed by atoms with Crippen molar-refractivity contribution in [3.8, 4) is 22.4 Å². The molecule has 0 bridgehead atoms. The molecule has 0 aliphatic rings. The van der Waals surface area contributed by atoms with Gasteiger partial charge in [0.15, 0.2) is 5.78 Å². The smallest absolute Gasteiger partial charge is 0.164 e. The van der Waals surface area contributed by atoms with E-state index in [1.165, 1.54) is 58.7 Å². The fourth-order valence-electron chi connectivity index (χ4n) is 5.90. The molecule has 257 valence electrons. The van der Waals surface area contributed by atoms with E-state index in [4.69, 9.17) is 4.98 Å². The summed E-state index contributed by atoms with van der Waals surface area (Å²) in [6.07, 6.45) is 1.32. The SMILES string of the molecule is CC(C)/C(O)=C/C(=O)C(C)(C)C.C[Si](C)(C)c1ccc2nc(-c3[c-]ccc4c3sc3ccccc34)cc(-c3cccc4ccccc34)c2c1.[Ir]. The molecule has 0 saturated carbocycles. The minimum absolute atomic E-state index is 0. The first-order valence-electron chi connectivity index (χ1n) is 16.9. The van der Waals surface area contributed by atoms with Crippen molar-refractivity contribution in [3.05, 3.63) is 121 Å². The molecule has 0 amide bonds. The van der Waals surface area contributed by atoms with Crippen LogP contribution >= 0.6 is 11.3 Å². The van der Waals surface area contributed by atoms with Crippen LogP contribution in [-0.2, 0) is 24.9 Å². The van der Waals surface area contributed by atoms with Gasteiger partial charge in [-0.2, -0.15) is 11.3 Å². The van der Waals surface area contributed by atoms with E-state index < -0.39 is 13.5 Å². The van der Waals surface area contributed by atoms with E-state index in [-0.39, 0.29) is 37.6 Å². The summed E-state index contributed by atoms with van der Waals surface area (Å²) < 4.78 is 2.55. The molecule has 50 heavy (non-hydrogen) atoms. The first kappa shape index (κ1) is 37.3. The topological polar surface area (TPSA) is 50.2 Å². The Morgan fingerprint density at radius 1 is 0.820 bits per heavy atom. The number of thiophene rings is 1. The van der Waals surface area contributed by atoms with Gasteiger partial charge in [0, 0.05) is 47.6 Å². The van der Waals surface area contributed by atoms with Crippen LogP contribution in [0.25, 0.3) is 64.2 Å². The van der Waals surface area contributed by atoms with Gasteiger partial charge >= 0.3 is 0 Å². The van der Waals surface area contributed by atoms with Gasteiger partial charge in [-0.3, -0.25) is 9.78 Å². The third-order valence-corrected chi connectivity index (χ3v) is 12.2. The van der Waals surface area contributed by atoms with Crippen molar-refractivity contribution in [1.82, 2.24) is 4.98 Å². The summed E-state index contributed by atoms with van der Waals surface area (Å²) in [5.74, 6) is 0.153. The summed E-state index contributed by atoms with van der Waals surface area (Å²) >= 11 is 1.83. The van der Waals surface area contributed by atoms with Crippen molar-refractivity contribution in [3.63, 3.8) is 0 Å². The van der Waals surface area contributed by atoms with E-state index in [1.54, 1.807) is 0 Å². The Balaban J connectivity index is 0.000000324. The molecule has 5 aromatic carbocycles. The largest absolute Gasteiger partial charge is 0.512 e. The molecule has 0 spiro atoms. The number of carbonyl (C=O) groups is 1. The Hall–Kier alpha value is -3.93. The van der Waals surface area contributed by atoms with E-state index >= 15 is 0 Å². The summed E-state index contributed by atoms with van der Waals surface area (Å²) in [5.41, 5.74) is 5.19. The van der Waals surface area contributed by atoms with Crippen molar-refractivity contribution < 1.29 is 30.0 Å². The molecular formula is C44H44IrNO2SSi-. The number of aromatic nitrogens is 1. The summed E-state index contributed by atoms with van der Waals surface area (Å²) in [7, 11) is -1.49. The maximum absolute atomic E-state index is 11.3. The zero-order valence-corrected chi connectivity index (χ0v) is 34.2. The van der Waals surface area contributed by atoms with Crippen molar-refractivity contribution >= 4 is 72.2 Å². The van der Waals surface area contributed by atoms with Gasteiger partial charge in [-0.05, 0) is 49.8 Å². The molecule has 2 heterocycles. The van der Waals surface area contributed by atoms with Gasteiger partial charge in [0.05, 0.1) is 19.3 Å². The van der Waals surface area contributed by atoms with Gasteiger partial charge < -0.3 is 5.11 Å². The Bertz CT molecular complexity index is 2370. The Labute approximate surface area is 314 Å². The van der Waals surface area contributed by atoms with Crippen molar-refractivity contribution in [2.24, 2.45) is 11.3 Å². The van der Waals surface area contributed by atoms with E-state index in [0.29, 0.717) is 0 Å². The van der Waals surface area contributed by atoms with Gasteiger partial charge in [0.2, 0.25) is 0 Å². The molecule has 7 rings (SSSR count). The number of pyridine rings is 1. The Kier molecular flexibility index (Phi) is 11.0. The number of aliphatic hydroxyl groups is 1. The van der Waals surface area contributed by atoms with Crippen LogP contribution in [-0.4, -0.2) is 23.9 Å². The summed E-state index contributed by atoms with van der Waals surface area (Å²) in [4.78, 5) is 16.6. The molecule has 0 unspecified atom stereocenters. The first-order chi connectivity index (χ1) is 23.2. The molecule has 1 N–H and O–H groups in total. The molecule has 7 aromatic rings. The number of ketones is 1. The minimum atomic E-state index is -1.49. The Morgan fingerprint density at radius 2 is 1.50 bits per heavy atom. The van der Waals surface area contributed by atoms with Crippen molar-refractivity contribution in [1.29, 1.82) is 0 Å². The molecule has 0 fully saturated rings. The zero-order chi connectivity index (χ0) is 35.1. The average molecular weight is 871 g/mol. The fourth-order valence-corrected chi connectivity index (χ4v) is 8.27. The van der Waals surface area contributed by atoms with E-state index in [1.807, 2.05) is 46.0 Å². The molecule has 3 nitrogen and oxygen atoms in total. The van der Waals surface area contributed by atoms with Gasteiger partial charge in [-0.1, -0.05) is 144 Å². The van der Waals surface area contributed by atoms with Crippen LogP contribution < -0.4 is 5.19 Å². The number of allylic oxidation sites excluding steroid dienone is 2. The molecule has 1 radical (unpaired) electrons. The van der Waals surface area contributed by atoms with E-state index in [2.05, 4.69) is 129 Å². The quantitative estimate of drug-likeness (QED) is 0.0811. The number of nitrogens with zero attached hydrogens (tertiary/aromatic N) is 1. The van der Waals surface area contributed by atoms with Gasteiger partial charge in [-0.25, -0.2) is 0 Å². The van der Waals surface area contributed by atoms with Crippen LogP contribution in [0.4, 0.5) is 0 Å². The van der Waals surface area contributed by atoms with Crippen LogP contribution in [0.15, 0.2) is 115 Å². The summed E-state index contributed by atoms with van der Waals surface area (Å²) in [5, 5.41) is 17.1. The third kappa shape index (κ3) is 7.69. The average Bonchev–Trinajstić information content (AvgIpc) is 3.46. The van der Waals surface area contributed by atoms with Gasteiger partial charge in [-0.15, -0.1) is 23.8 Å². The van der Waals surface area contributed by atoms with Crippen LogP contribution in [0, 0.1) is 17.4 Å². The predicted octanol–water partition coefficient (Wildman–Crippen LogP) is 12.1. The van der Waals surface area contributed by atoms with Crippen molar-refractivity contribution in [2.75, 3.05) is 0 Å². The number of aliphatic hydroxyl groups excluding tert-OH is 1. The second kappa shape index (κ2) is 14.7. The van der Waals surface area contributed by atoms with E-state index in [0.717, 1.165) is 16.8 Å². The van der Waals surface area contributed by atoms with Crippen molar-refractivity contribution in [2.45, 2.75) is 54.3 Å². The van der Waals surface area contributed by atoms with Crippen LogP contribution in [0.3, 0.4) is 0 Å². The molecule has 2 aromatic heterocycles.